The Morgan fingerprint density at radius 3 is 1.30 bits per heavy atom. The van der Waals surface area contributed by atoms with Crippen LogP contribution in [-0.4, -0.2) is 19.9 Å². The number of nitrogens with zero attached hydrogens (tertiary/aromatic N) is 4. The third-order valence-corrected chi connectivity index (χ3v) is 3.78. The lowest BCUT2D eigenvalue weighted by Gasteiger charge is -1.70. The molecule has 0 radical (unpaired) electrons. The lowest BCUT2D eigenvalue weighted by atomic mass is 10.5. The molecular weight excluding hydrogens is 288 g/mol. The van der Waals surface area contributed by atoms with Gasteiger partial charge in [0.15, 0.2) is 5.65 Å². The van der Waals surface area contributed by atoms with E-state index in [2.05, 4.69) is 19.9 Å². The number of rotatable bonds is 0. The van der Waals surface area contributed by atoms with Gasteiger partial charge in [0.05, 0.1) is 11.0 Å². The van der Waals surface area contributed by atoms with Crippen LogP contribution in [0.1, 0.15) is 0 Å². The summed E-state index contributed by atoms with van der Waals surface area (Å²) in [6, 6.07) is 11.4. The predicted molar refractivity (Wildman–Crippen MR) is 83.8 cm³/mol. The Labute approximate surface area is 124 Å². The molecule has 4 rings (SSSR count). The fraction of sp³-hybridized carbons (Fsp3) is 0. The maximum absolute atomic E-state index is 4.00. The van der Waals surface area contributed by atoms with E-state index in [0.717, 1.165) is 5.65 Å². The van der Waals surface area contributed by atoms with Crippen molar-refractivity contribution in [2.24, 2.45) is 0 Å². The van der Waals surface area contributed by atoms with E-state index in [4.69, 9.17) is 0 Å². The van der Waals surface area contributed by atoms with Crippen LogP contribution in [0, 0.1) is 0 Å². The molecule has 0 saturated carbocycles. The molecule has 20 heavy (non-hydrogen) atoms. The summed E-state index contributed by atoms with van der Waals surface area (Å²) in [5.41, 5.74) is 4.52. The molecule has 0 N–H and O–H groups in total. The van der Waals surface area contributed by atoms with Crippen molar-refractivity contribution in [2.75, 3.05) is 0 Å². The minimum atomic E-state index is 0.889. The zero-order valence-electron chi connectivity index (χ0n) is 10.5. The number of aromatic nitrogens is 4. The van der Waals surface area contributed by atoms with Crippen molar-refractivity contribution in [1.29, 1.82) is 0 Å². The van der Waals surface area contributed by atoms with E-state index in [9.17, 15) is 0 Å². The van der Waals surface area contributed by atoms with E-state index in [1.54, 1.807) is 47.5 Å². The molecule has 0 aromatic carbocycles. The average Bonchev–Trinajstić information content (AvgIpc) is 3.16. The first kappa shape index (κ1) is 14.2. The topological polar surface area (TPSA) is 51.6 Å². The van der Waals surface area contributed by atoms with E-state index in [0.29, 0.717) is 0 Å². The van der Waals surface area contributed by atoms with Crippen molar-refractivity contribution >= 4 is 32.3 Å². The van der Waals surface area contributed by atoms with Crippen LogP contribution in [0.5, 0.6) is 0 Å². The molecule has 0 saturated heterocycles. The van der Waals surface area contributed by atoms with Crippen molar-refractivity contribution in [3.63, 3.8) is 0 Å². The highest BCUT2D eigenvalue weighted by Crippen LogP contribution is 2.19. The smallest absolute Gasteiger partial charge is 0.181 e. The summed E-state index contributed by atoms with van der Waals surface area (Å²) in [6.45, 7) is 0. The second kappa shape index (κ2) is 8.84. The zero-order valence-corrected chi connectivity index (χ0v) is 12.2. The van der Waals surface area contributed by atoms with Crippen LogP contribution in [0.15, 0.2) is 72.2 Å². The van der Waals surface area contributed by atoms with Gasteiger partial charge in [-0.1, -0.05) is 12.1 Å². The zero-order chi connectivity index (χ0) is 13.9. The standard InChI is InChI=1S/2C5H5N.C4H2N2S2/c2*1-2-4-6-5-3-1;1-5-3-4(7-1)8-2-6-3/h2*1-5H;1-2H. The second-order valence-corrected chi connectivity index (χ2v) is 5.33. The van der Waals surface area contributed by atoms with E-state index < -0.39 is 0 Å². The summed E-state index contributed by atoms with van der Waals surface area (Å²) in [5.74, 6) is 0. The predicted octanol–water partition coefficient (Wildman–Crippen LogP) is 3.92. The minimum Gasteiger partial charge on any atom is -0.265 e. The Morgan fingerprint density at radius 1 is 0.600 bits per heavy atom. The highest BCUT2D eigenvalue weighted by Gasteiger charge is 1.94. The van der Waals surface area contributed by atoms with Crippen molar-refractivity contribution in [1.82, 2.24) is 19.9 Å². The van der Waals surface area contributed by atoms with E-state index in [1.807, 2.05) is 47.4 Å². The largest absolute Gasteiger partial charge is 0.265 e. The van der Waals surface area contributed by atoms with Gasteiger partial charge in [-0.2, -0.15) is 0 Å². The van der Waals surface area contributed by atoms with E-state index >= 15 is 0 Å². The van der Waals surface area contributed by atoms with Crippen molar-refractivity contribution in [3.8, 4) is 0 Å². The van der Waals surface area contributed by atoms with Crippen LogP contribution in [-0.2, 0) is 0 Å². The van der Waals surface area contributed by atoms with Gasteiger partial charge in [0.25, 0.3) is 0 Å². The molecule has 0 spiro atoms. The summed E-state index contributed by atoms with van der Waals surface area (Å²) < 4.78 is 1.21. The fourth-order valence-electron chi connectivity index (χ4n) is 1.15. The molecule has 0 aliphatic rings. The molecule has 0 bridgehead atoms. The molecule has 0 atom stereocenters. The maximum Gasteiger partial charge on any atom is 0.181 e. The van der Waals surface area contributed by atoms with Crippen LogP contribution in [0.25, 0.3) is 9.66 Å². The van der Waals surface area contributed by atoms with Gasteiger partial charge in [-0.05, 0) is 24.3 Å². The Kier molecular flexibility index (Phi) is 6.29. The molecule has 0 aliphatic heterocycles. The van der Waals surface area contributed by atoms with Crippen LogP contribution in [0.3, 0.4) is 0 Å². The molecule has 100 valence electrons. The number of fused-ring (bicyclic) bond motifs is 1. The third-order valence-electron chi connectivity index (χ3n) is 1.99. The molecular formula is C14H12N4S2. The number of hydrogen-bond donors (Lipinski definition) is 0. The summed E-state index contributed by atoms with van der Waals surface area (Å²) in [5, 5.41) is 0. The van der Waals surface area contributed by atoms with Gasteiger partial charge in [0.1, 0.15) is 4.01 Å². The van der Waals surface area contributed by atoms with Crippen molar-refractivity contribution in [2.45, 2.75) is 0 Å². The Balaban J connectivity index is 0.000000112. The molecule has 0 unspecified atom stereocenters. The van der Waals surface area contributed by atoms with Crippen LogP contribution in [0.4, 0.5) is 0 Å². The first-order valence-corrected chi connectivity index (χ1v) is 7.55. The van der Waals surface area contributed by atoms with Crippen LogP contribution in [0.2, 0.25) is 0 Å². The first-order valence-electron chi connectivity index (χ1n) is 5.79. The van der Waals surface area contributed by atoms with Crippen molar-refractivity contribution in [3.05, 3.63) is 72.2 Å². The average molecular weight is 300 g/mol. The van der Waals surface area contributed by atoms with Crippen LogP contribution >= 0.6 is 22.7 Å². The molecule has 0 amide bonds. The molecule has 4 aromatic rings. The lowest BCUT2D eigenvalue weighted by molar-refractivity contribution is 1.33. The molecule has 0 aliphatic carbocycles. The van der Waals surface area contributed by atoms with Crippen molar-refractivity contribution < 1.29 is 0 Å². The SMILES string of the molecule is c1ccncc1.c1ccncc1.c1nc2ncsc2s1. The summed E-state index contributed by atoms with van der Waals surface area (Å²) in [4.78, 5) is 15.6. The lowest BCUT2D eigenvalue weighted by Crippen LogP contribution is -1.58. The minimum absolute atomic E-state index is 0.889. The van der Waals surface area contributed by atoms with Gasteiger partial charge >= 0.3 is 0 Å². The Morgan fingerprint density at radius 2 is 1.05 bits per heavy atom. The van der Waals surface area contributed by atoms with Gasteiger partial charge in [0, 0.05) is 24.8 Å². The molecule has 4 heterocycles. The Hall–Kier alpha value is -2.18. The summed E-state index contributed by atoms with van der Waals surface area (Å²) >= 11 is 3.28. The quantitative estimate of drug-likeness (QED) is 0.494. The molecule has 0 fully saturated rings. The van der Waals surface area contributed by atoms with Crippen LogP contribution < -0.4 is 0 Å². The normalized spacial score (nSPS) is 9.00. The molecule has 6 heteroatoms. The number of thiazole rings is 2. The fourth-order valence-corrected chi connectivity index (χ4v) is 2.54. The van der Waals surface area contributed by atoms with Gasteiger partial charge in [-0.15, -0.1) is 22.7 Å². The Bertz CT molecular complexity index is 544. The summed E-state index contributed by atoms with van der Waals surface area (Å²) in [7, 11) is 0. The maximum atomic E-state index is 4.00. The van der Waals surface area contributed by atoms with Gasteiger partial charge < -0.3 is 0 Å². The van der Waals surface area contributed by atoms with E-state index in [1.165, 1.54) is 4.01 Å². The first-order chi connectivity index (χ1) is 9.97. The van der Waals surface area contributed by atoms with Gasteiger partial charge in [0.2, 0.25) is 0 Å². The molecule has 4 aromatic heterocycles. The highest BCUT2D eigenvalue weighted by molar-refractivity contribution is 7.36. The molecule has 4 nitrogen and oxygen atoms in total. The number of pyridine rings is 2. The number of hydrogen-bond acceptors (Lipinski definition) is 6. The summed E-state index contributed by atoms with van der Waals surface area (Å²) in [6.07, 6.45) is 7.00. The highest BCUT2D eigenvalue weighted by atomic mass is 32.2. The van der Waals surface area contributed by atoms with E-state index in [-0.39, 0.29) is 0 Å². The van der Waals surface area contributed by atoms with Gasteiger partial charge in [-0.25, -0.2) is 9.97 Å². The monoisotopic (exact) mass is 300 g/mol. The second-order valence-electron chi connectivity index (χ2n) is 3.36. The third kappa shape index (κ3) is 5.21. The van der Waals surface area contributed by atoms with Gasteiger partial charge in [-0.3, -0.25) is 9.97 Å².